The topological polar surface area (TPSA) is 93.7 Å². The fourth-order valence-electron chi connectivity index (χ4n) is 5.17. The molecule has 3 aromatic carbocycles. The number of rotatable bonds is 12. The van der Waals surface area contributed by atoms with Gasteiger partial charge < -0.3 is 20.1 Å². The number of hydrogen-bond donors (Lipinski definition) is 2. The van der Waals surface area contributed by atoms with Crippen molar-refractivity contribution in [2.75, 3.05) is 7.11 Å². The van der Waals surface area contributed by atoms with E-state index in [1.165, 1.54) is 7.11 Å². The van der Waals surface area contributed by atoms with E-state index in [0.29, 0.717) is 29.5 Å². The lowest BCUT2D eigenvalue weighted by molar-refractivity contribution is -0.145. The summed E-state index contributed by atoms with van der Waals surface area (Å²) in [6.07, 6.45) is 4.10. The Morgan fingerprint density at radius 3 is 2.19 bits per heavy atom. The largest absolute Gasteiger partial charge is 0.489 e. The molecule has 0 unspecified atom stereocenters. The third kappa shape index (κ3) is 9.78. The van der Waals surface area contributed by atoms with Crippen LogP contribution in [0.2, 0.25) is 10.0 Å². The molecule has 3 aromatic rings. The first-order chi connectivity index (χ1) is 20.3. The van der Waals surface area contributed by atoms with Crippen molar-refractivity contribution in [3.05, 3.63) is 99.5 Å². The molecule has 0 radical (unpaired) electrons. The number of methoxy groups -OCH3 is 1. The van der Waals surface area contributed by atoms with Gasteiger partial charge in [-0.15, -0.1) is 0 Å². The molecule has 222 valence electrons. The minimum absolute atomic E-state index is 0.0636. The number of esters is 1. The molecule has 42 heavy (non-hydrogen) atoms. The van der Waals surface area contributed by atoms with Gasteiger partial charge in [0.1, 0.15) is 18.4 Å². The van der Waals surface area contributed by atoms with Crippen LogP contribution in [0.25, 0.3) is 0 Å². The van der Waals surface area contributed by atoms with E-state index in [4.69, 9.17) is 32.7 Å². The molecular formula is C33H36Cl2N2O5. The second-order valence-electron chi connectivity index (χ2n) is 10.7. The second kappa shape index (κ2) is 15.6. The molecule has 0 spiro atoms. The molecule has 2 N–H and O–H groups in total. The Morgan fingerprint density at radius 1 is 0.833 bits per heavy atom. The third-order valence-electron chi connectivity index (χ3n) is 7.47. The lowest BCUT2D eigenvalue weighted by Gasteiger charge is -2.29. The zero-order chi connectivity index (χ0) is 29.9. The summed E-state index contributed by atoms with van der Waals surface area (Å²) in [5.41, 5.74) is 2.77. The molecule has 1 atom stereocenters. The van der Waals surface area contributed by atoms with Gasteiger partial charge in [0.05, 0.1) is 23.6 Å². The maximum atomic E-state index is 12.9. The summed E-state index contributed by atoms with van der Waals surface area (Å²) in [5, 5.41) is 6.85. The van der Waals surface area contributed by atoms with Crippen molar-refractivity contribution in [3.8, 4) is 5.75 Å². The summed E-state index contributed by atoms with van der Waals surface area (Å²) in [4.78, 5) is 37.9. The van der Waals surface area contributed by atoms with Gasteiger partial charge >= 0.3 is 5.97 Å². The van der Waals surface area contributed by atoms with Gasteiger partial charge in [0.15, 0.2) is 0 Å². The maximum absolute atomic E-state index is 12.9. The number of carbonyl (C=O) groups is 3. The Morgan fingerprint density at radius 2 is 1.52 bits per heavy atom. The molecule has 0 aromatic heterocycles. The van der Waals surface area contributed by atoms with Crippen molar-refractivity contribution >= 4 is 41.0 Å². The van der Waals surface area contributed by atoms with Gasteiger partial charge in [-0.2, -0.15) is 0 Å². The minimum atomic E-state index is -0.782. The molecule has 0 saturated heterocycles. The van der Waals surface area contributed by atoms with Crippen LogP contribution in [-0.4, -0.2) is 37.0 Å². The first-order valence-corrected chi connectivity index (χ1v) is 14.9. The van der Waals surface area contributed by atoms with Crippen LogP contribution in [0.4, 0.5) is 0 Å². The van der Waals surface area contributed by atoms with Crippen LogP contribution < -0.4 is 15.4 Å². The predicted octanol–water partition coefficient (Wildman–Crippen LogP) is 6.08. The monoisotopic (exact) mass is 610 g/mol. The predicted molar refractivity (Wildman–Crippen MR) is 164 cm³/mol. The molecule has 4 rings (SSSR count). The molecule has 1 fully saturated rings. The van der Waals surface area contributed by atoms with Gasteiger partial charge in [0, 0.05) is 18.9 Å². The van der Waals surface area contributed by atoms with E-state index in [2.05, 4.69) is 10.6 Å². The van der Waals surface area contributed by atoms with Crippen molar-refractivity contribution in [1.29, 1.82) is 0 Å². The lowest BCUT2D eigenvalue weighted by atomic mass is 9.83. The van der Waals surface area contributed by atoms with Gasteiger partial charge in [-0.3, -0.25) is 9.59 Å². The van der Waals surface area contributed by atoms with Crippen molar-refractivity contribution in [2.45, 2.75) is 63.6 Å². The molecule has 1 aliphatic rings. The quantitative estimate of drug-likeness (QED) is 0.242. The number of ether oxygens (including phenoxy) is 2. The third-order valence-corrected chi connectivity index (χ3v) is 8.21. The van der Waals surface area contributed by atoms with Crippen LogP contribution in [0, 0.1) is 5.92 Å². The highest BCUT2D eigenvalue weighted by molar-refractivity contribution is 6.42. The summed E-state index contributed by atoms with van der Waals surface area (Å²) in [6.45, 7) is 0.466. The smallest absolute Gasteiger partial charge is 0.328 e. The number of benzene rings is 3. The van der Waals surface area contributed by atoms with E-state index in [0.717, 1.165) is 48.1 Å². The molecule has 9 heteroatoms. The summed E-state index contributed by atoms with van der Waals surface area (Å²) < 4.78 is 10.8. The molecular weight excluding hydrogens is 575 g/mol. The summed E-state index contributed by atoms with van der Waals surface area (Å²) in [7, 11) is 1.32. The number of carbonyl (C=O) groups excluding carboxylic acids is 3. The van der Waals surface area contributed by atoms with Gasteiger partial charge in [-0.05, 0) is 72.6 Å². The minimum Gasteiger partial charge on any atom is -0.489 e. The van der Waals surface area contributed by atoms with Crippen LogP contribution in [0.5, 0.6) is 5.75 Å². The van der Waals surface area contributed by atoms with E-state index in [9.17, 15) is 14.4 Å². The Hall–Kier alpha value is -3.55. The van der Waals surface area contributed by atoms with Crippen LogP contribution in [0.1, 0.15) is 48.8 Å². The van der Waals surface area contributed by atoms with Crippen LogP contribution in [0.3, 0.4) is 0 Å². The average Bonchev–Trinajstić information content (AvgIpc) is 2.99. The summed E-state index contributed by atoms with van der Waals surface area (Å²) in [6, 6.07) is 21.9. The standard InChI is InChI=1S/C33H36Cl2N2O5/c1-41-33(40)30(18-22-9-14-27(15-10-22)42-21-24-5-3-2-4-6-24)37-32(39)19-23-7-12-26(13-8-23)36-31(38)20-25-11-16-28(34)29(35)17-25/h2-6,9-11,14-17,23,26,30H,7-8,12-13,18-21H2,1H3,(H,36,38)(H,37,39)/t23-,26-,30-/m0/s1. The normalized spacial score (nSPS) is 17.1. The van der Waals surface area contributed by atoms with Crippen LogP contribution >= 0.6 is 23.2 Å². The van der Waals surface area contributed by atoms with Crippen LogP contribution in [0.15, 0.2) is 72.8 Å². The van der Waals surface area contributed by atoms with Crippen molar-refractivity contribution < 1.29 is 23.9 Å². The number of hydrogen-bond acceptors (Lipinski definition) is 5. The number of nitrogens with one attached hydrogen (secondary N) is 2. The highest BCUT2D eigenvalue weighted by atomic mass is 35.5. The Labute approximate surface area is 256 Å². The van der Waals surface area contributed by atoms with E-state index < -0.39 is 12.0 Å². The summed E-state index contributed by atoms with van der Waals surface area (Å²) >= 11 is 12.0. The van der Waals surface area contributed by atoms with Crippen molar-refractivity contribution in [3.63, 3.8) is 0 Å². The van der Waals surface area contributed by atoms with E-state index in [1.807, 2.05) is 54.6 Å². The molecule has 1 saturated carbocycles. The SMILES string of the molecule is COC(=O)[C@H](Cc1ccc(OCc2ccccc2)cc1)NC(=O)C[C@H]1CC[C@H](NC(=O)Cc2ccc(Cl)c(Cl)c2)CC1. The maximum Gasteiger partial charge on any atom is 0.328 e. The van der Waals surface area contributed by atoms with E-state index in [1.54, 1.807) is 18.2 Å². The fourth-order valence-corrected chi connectivity index (χ4v) is 5.49. The first kappa shape index (κ1) is 31.4. The molecule has 1 aliphatic carbocycles. The van der Waals surface area contributed by atoms with Crippen molar-refractivity contribution in [1.82, 2.24) is 10.6 Å². The molecule has 0 aliphatic heterocycles. The summed E-state index contributed by atoms with van der Waals surface area (Å²) in [5.74, 6) is 0.183. The fraction of sp³-hybridized carbons (Fsp3) is 0.364. The Bertz CT molecular complexity index is 1340. The molecule has 7 nitrogen and oxygen atoms in total. The first-order valence-electron chi connectivity index (χ1n) is 14.1. The lowest BCUT2D eigenvalue weighted by Crippen LogP contribution is -2.44. The van der Waals surface area contributed by atoms with Gasteiger partial charge in [-0.1, -0.05) is 71.7 Å². The van der Waals surface area contributed by atoms with E-state index >= 15 is 0 Å². The Kier molecular flexibility index (Phi) is 11.7. The molecule has 0 bridgehead atoms. The number of halogens is 2. The van der Waals surface area contributed by atoms with Gasteiger partial charge in [0.2, 0.25) is 11.8 Å². The molecule has 2 amide bonds. The van der Waals surface area contributed by atoms with Crippen molar-refractivity contribution in [2.24, 2.45) is 5.92 Å². The zero-order valence-corrected chi connectivity index (χ0v) is 25.1. The van der Waals surface area contributed by atoms with Crippen LogP contribution in [-0.2, 0) is 38.6 Å². The average molecular weight is 612 g/mol. The van der Waals surface area contributed by atoms with Gasteiger partial charge in [0.25, 0.3) is 0 Å². The van der Waals surface area contributed by atoms with E-state index in [-0.39, 0.29) is 30.2 Å². The highest BCUT2D eigenvalue weighted by Gasteiger charge is 2.27. The van der Waals surface area contributed by atoms with Gasteiger partial charge in [-0.25, -0.2) is 4.79 Å². The molecule has 0 heterocycles. The number of amides is 2. The Balaban J connectivity index is 1.20. The highest BCUT2D eigenvalue weighted by Crippen LogP contribution is 2.27. The zero-order valence-electron chi connectivity index (χ0n) is 23.6. The second-order valence-corrected chi connectivity index (χ2v) is 11.5.